The van der Waals surface area contributed by atoms with Crippen LogP contribution >= 0.6 is 0 Å². The van der Waals surface area contributed by atoms with Crippen molar-refractivity contribution in [2.45, 2.75) is 0 Å². The van der Waals surface area contributed by atoms with Gasteiger partial charge in [-0.15, -0.1) is 0 Å². The Labute approximate surface area is 159 Å². The molecule has 0 bridgehead atoms. The van der Waals surface area contributed by atoms with E-state index >= 15 is 0 Å². The summed E-state index contributed by atoms with van der Waals surface area (Å²) in [5.74, 6) is -6.87. The molecule has 1 aliphatic carbocycles. The van der Waals surface area contributed by atoms with Gasteiger partial charge in [0.15, 0.2) is 0 Å². The fourth-order valence-electron chi connectivity index (χ4n) is 2.42. The molecular formula is C14H7N2NaO8. The van der Waals surface area contributed by atoms with Gasteiger partial charge in [-0.1, -0.05) is 0 Å². The van der Waals surface area contributed by atoms with Gasteiger partial charge in [-0.25, -0.2) is 19.4 Å². The molecule has 0 saturated heterocycles. The number of Topliss-reactive ketones (excluding diaryl/α,β-unsaturated/α-hetero) is 2. The quantitative estimate of drug-likeness (QED) is 0.433. The minimum atomic E-state index is -1.58. The predicted molar refractivity (Wildman–Crippen MR) is 80.7 cm³/mol. The monoisotopic (exact) mass is 354 g/mol. The minimum absolute atomic E-state index is 0. The van der Waals surface area contributed by atoms with Crippen molar-refractivity contribution in [3.05, 3.63) is 40.3 Å². The molecule has 0 amide bonds. The van der Waals surface area contributed by atoms with E-state index < -0.39 is 52.1 Å². The molecule has 25 heavy (non-hydrogen) atoms. The van der Waals surface area contributed by atoms with E-state index in [0.717, 1.165) is 12.1 Å². The number of rotatable bonds is 3. The summed E-state index contributed by atoms with van der Waals surface area (Å²) in [6.45, 7) is 0. The van der Waals surface area contributed by atoms with Crippen molar-refractivity contribution in [3.8, 4) is 11.3 Å². The number of aromatic amines is 1. The van der Waals surface area contributed by atoms with Crippen LogP contribution < -0.4 is 0 Å². The Hall–Kier alpha value is -2.82. The molecule has 0 atom stereocenters. The molecular weight excluding hydrogens is 347 g/mol. The molecule has 0 radical (unpaired) electrons. The average molecular weight is 354 g/mol. The van der Waals surface area contributed by atoms with Crippen LogP contribution in [0.3, 0.4) is 0 Å². The van der Waals surface area contributed by atoms with E-state index in [0.29, 0.717) is 0 Å². The summed E-state index contributed by atoms with van der Waals surface area (Å²) >= 11 is 0. The molecule has 3 rings (SSSR count). The molecule has 0 unspecified atom stereocenters. The zero-order valence-corrected chi connectivity index (χ0v) is 11.5. The van der Waals surface area contributed by atoms with Crippen molar-refractivity contribution in [1.29, 1.82) is 0 Å². The first-order chi connectivity index (χ1) is 11.2. The number of carbonyl (C=O) groups excluding carboxylic acids is 2. The van der Waals surface area contributed by atoms with E-state index in [1.54, 1.807) is 0 Å². The van der Waals surface area contributed by atoms with Crippen LogP contribution in [-0.4, -0.2) is 84.3 Å². The maximum absolute atomic E-state index is 12.1. The Balaban J connectivity index is 0.00000225. The van der Waals surface area contributed by atoms with Crippen LogP contribution in [0.4, 0.5) is 0 Å². The van der Waals surface area contributed by atoms with Crippen LogP contribution in [0.5, 0.6) is 0 Å². The third-order valence-electron chi connectivity index (χ3n) is 3.43. The molecule has 2 aromatic heterocycles. The van der Waals surface area contributed by atoms with E-state index in [1.165, 1.54) is 0 Å². The van der Waals surface area contributed by atoms with Crippen LogP contribution in [-0.2, 0) is 0 Å². The van der Waals surface area contributed by atoms with E-state index in [4.69, 9.17) is 10.2 Å². The molecule has 4 N–H and O–H groups in total. The molecule has 0 aromatic carbocycles. The number of H-pyrrole nitrogens is 1. The summed E-state index contributed by atoms with van der Waals surface area (Å²) in [6, 6.07) is 1.65. The van der Waals surface area contributed by atoms with Crippen molar-refractivity contribution in [2.24, 2.45) is 0 Å². The predicted octanol–water partition coefficient (Wildman–Crippen LogP) is -0.0982. The van der Waals surface area contributed by atoms with Crippen molar-refractivity contribution in [3.63, 3.8) is 0 Å². The summed E-state index contributed by atoms with van der Waals surface area (Å²) in [5, 5.41) is 27.3. The first kappa shape index (κ1) is 18.5. The Morgan fingerprint density at radius 3 is 2.08 bits per heavy atom. The summed E-state index contributed by atoms with van der Waals surface area (Å²) in [5.41, 5.74) is -3.21. The number of fused-ring (bicyclic) bond motifs is 3. The van der Waals surface area contributed by atoms with Crippen LogP contribution in [0, 0.1) is 0 Å². The fraction of sp³-hybridized carbons (Fsp3) is 0. The Kier molecular flexibility index (Phi) is 4.62. The molecule has 2 aromatic rings. The van der Waals surface area contributed by atoms with Gasteiger partial charge in [0, 0.05) is 5.56 Å². The van der Waals surface area contributed by atoms with Crippen LogP contribution in [0.15, 0.2) is 12.1 Å². The second-order valence-corrected chi connectivity index (χ2v) is 4.82. The number of pyridine rings is 1. The van der Waals surface area contributed by atoms with Gasteiger partial charge in [-0.3, -0.25) is 9.59 Å². The van der Waals surface area contributed by atoms with E-state index in [9.17, 15) is 29.1 Å². The van der Waals surface area contributed by atoms with Gasteiger partial charge >= 0.3 is 47.5 Å². The van der Waals surface area contributed by atoms with Gasteiger partial charge in [-0.2, -0.15) is 0 Å². The van der Waals surface area contributed by atoms with Gasteiger partial charge in [-0.05, 0) is 12.1 Å². The topological polar surface area (TPSA) is 175 Å². The SMILES string of the molecule is O=C(O)c1cc(C(=O)O)c2c(n1)C(=O)C(=O)c1cc(C(=O)O)[nH]c1-2.[NaH]. The average Bonchev–Trinajstić information content (AvgIpc) is 2.96. The summed E-state index contributed by atoms with van der Waals surface area (Å²) in [6.07, 6.45) is 0. The second-order valence-electron chi connectivity index (χ2n) is 4.82. The third kappa shape index (κ3) is 2.76. The Morgan fingerprint density at radius 2 is 1.56 bits per heavy atom. The van der Waals surface area contributed by atoms with E-state index in [-0.39, 0.29) is 46.4 Å². The number of nitrogens with zero attached hydrogens (tertiary/aromatic N) is 1. The maximum atomic E-state index is 12.1. The van der Waals surface area contributed by atoms with E-state index in [1.807, 2.05) is 0 Å². The van der Waals surface area contributed by atoms with Crippen LogP contribution in [0.2, 0.25) is 0 Å². The zero-order chi connectivity index (χ0) is 17.8. The summed E-state index contributed by atoms with van der Waals surface area (Å²) in [7, 11) is 0. The molecule has 2 heterocycles. The van der Waals surface area contributed by atoms with Gasteiger partial charge in [0.2, 0.25) is 5.78 Å². The molecule has 1 aliphatic rings. The van der Waals surface area contributed by atoms with Crippen LogP contribution in [0.1, 0.15) is 52.2 Å². The fourth-order valence-corrected chi connectivity index (χ4v) is 2.42. The normalized spacial score (nSPS) is 12.0. The standard InChI is InChI=1S/C14H6N2O8.Na.H/c17-10-4-2-6(14(23)24)15-8(4)7-3(12(19)20)1-5(13(21)22)16-9(7)11(10)18;;/h1-2,15H,(H,19,20)(H,21,22)(H,23,24);;. The Morgan fingerprint density at radius 1 is 0.920 bits per heavy atom. The van der Waals surface area contributed by atoms with Crippen LogP contribution in [0.25, 0.3) is 11.3 Å². The molecule has 0 aliphatic heterocycles. The first-order valence-corrected chi connectivity index (χ1v) is 6.29. The van der Waals surface area contributed by atoms with Crippen molar-refractivity contribution in [2.75, 3.05) is 0 Å². The number of hydrogen-bond donors (Lipinski definition) is 4. The molecule has 11 heteroatoms. The Bertz CT molecular complexity index is 991. The summed E-state index contributed by atoms with van der Waals surface area (Å²) < 4.78 is 0. The van der Waals surface area contributed by atoms with Crippen molar-refractivity contribution >= 4 is 59.0 Å². The molecule has 122 valence electrons. The van der Waals surface area contributed by atoms with Gasteiger partial charge in [0.1, 0.15) is 17.1 Å². The molecule has 0 saturated carbocycles. The number of carboxylic acid groups (broad SMARTS) is 3. The van der Waals surface area contributed by atoms with E-state index in [2.05, 4.69) is 9.97 Å². The molecule has 0 fully saturated rings. The number of aromatic carboxylic acids is 3. The van der Waals surface area contributed by atoms with Gasteiger partial charge in [0.05, 0.1) is 16.8 Å². The van der Waals surface area contributed by atoms with Crippen molar-refractivity contribution < 1.29 is 39.3 Å². The summed E-state index contributed by atoms with van der Waals surface area (Å²) in [4.78, 5) is 63.7. The number of hydrogen-bond acceptors (Lipinski definition) is 6. The molecule has 0 spiro atoms. The van der Waals surface area contributed by atoms with Crippen molar-refractivity contribution in [1.82, 2.24) is 9.97 Å². The first-order valence-electron chi connectivity index (χ1n) is 6.29. The van der Waals surface area contributed by atoms with Gasteiger partial charge in [0.25, 0.3) is 5.78 Å². The number of aromatic nitrogens is 2. The number of nitrogens with one attached hydrogen (secondary N) is 1. The number of carbonyl (C=O) groups is 5. The zero-order valence-electron chi connectivity index (χ0n) is 11.5. The third-order valence-corrected chi connectivity index (χ3v) is 3.43. The number of carboxylic acids is 3. The second kappa shape index (κ2) is 6.24. The van der Waals surface area contributed by atoms with Gasteiger partial charge < -0.3 is 20.3 Å². The molecule has 10 nitrogen and oxygen atoms in total. The number of ketones is 2.